The number of rotatable bonds is 8. The predicted molar refractivity (Wildman–Crippen MR) is 116 cm³/mol. The Morgan fingerprint density at radius 3 is 2.41 bits per heavy atom. The Labute approximate surface area is 171 Å². The zero-order valence-electron chi connectivity index (χ0n) is 17.4. The molecule has 6 heteroatoms. The second-order valence-electron chi connectivity index (χ2n) is 7.08. The largest absolute Gasteiger partial charge is 0.497 e. The molecule has 0 spiro atoms. The van der Waals surface area contributed by atoms with Gasteiger partial charge < -0.3 is 15.4 Å². The van der Waals surface area contributed by atoms with Crippen molar-refractivity contribution in [2.75, 3.05) is 19.0 Å². The van der Waals surface area contributed by atoms with Gasteiger partial charge in [0.25, 0.3) is 0 Å². The van der Waals surface area contributed by atoms with Crippen molar-refractivity contribution in [3.8, 4) is 11.4 Å². The molecule has 0 fully saturated rings. The molecule has 6 nitrogen and oxygen atoms in total. The van der Waals surface area contributed by atoms with Crippen LogP contribution >= 0.6 is 0 Å². The van der Waals surface area contributed by atoms with Crippen LogP contribution in [0.2, 0.25) is 0 Å². The lowest BCUT2D eigenvalue weighted by Crippen LogP contribution is -2.31. The minimum Gasteiger partial charge on any atom is -0.497 e. The van der Waals surface area contributed by atoms with Crippen molar-refractivity contribution < 1.29 is 9.53 Å². The lowest BCUT2D eigenvalue weighted by molar-refractivity contribution is -0.115. The first kappa shape index (κ1) is 20.6. The van der Waals surface area contributed by atoms with Crippen LogP contribution in [0.5, 0.6) is 5.75 Å². The molecule has 0 aliphatic rings. The summed E-state index contributed by atoms with van der Waals surface area (Å²) in [6, 6.07) is 17.9. The number of aryl methyl sites for hydroxylation is 2. The van der Waals surface area contributed by atoms with Crippen LogP contribution < -0.4 is 15.4 Å². The van der Waals surface area contributed by atoms with E-state index in [1.807, 2.05) is 68.4 Å². The van der Waals surface area contributed by atoms with Crippen molar-refractivity contribution in [2.24, 2.45) is 0 Å². The number of aromatic nitrogens is 2. The maximum absolute atomic E-state index is 12.6. The number of carbonyl (C=O) groups excluding carboxylic acids is 1. The van der Waals surface area contributed by atoms with Crippen molar-refractivity contribution in [1.82, 2.24) is 15.1 Å². The number of nitrogens with one attached hydrogen (secondary N) is 2. The number of amides is 1. The van der Waals surface area contributed by atoms with Gasteiger partial charge in [0.1, 0.15) is 11.6 Å². The smallest absolute Gasteiger partial charge is 0.239 e. The SMILES string of the molecule is CCC(NCC(=O)Nc1cc(C)nn1-c1ccc(C)cc1)c1ccc(OC)cc1. The van der Waals surface area contributed by atoms with E-state index in [2.05, 4.69) is 22.7 Å². The lowest BCUT2D eigenvalue weighted by atomic mass is 10.0. The average Bonchev–Trinajstić information content (AvgIpc) is 3.09. The minimum absolute atomic E-state index is 0.0930. The zero-order chi connectivity index (χ0) is 20.8. The first-order chi connectivity index (χ1) is 14.0. The highest BCUT2D eigenvalue weighted by atomic mass is 16.5. The fourth-order valence-electron chi connectivity index (χ4n) is 3.21. The number of hydrogen-bond acceptors (Lipinski definition) is 4. The molecule has 152 valence electrons. The molecule has 0 saturated carbocycles. The van der Waals surface area contributed by atoms with Gasteiger partial charge in [-0.15, -0.1) is 0 Å². The Kier molecular flexibility index (Phi) is 6.67. The minimum atomic E-state index is -0.106. The van der Waals surface area contributed by atoms with E-state index in [1.165, 1.54) is 5.56 Å². The van der Waals surface area contributed by atoms with E-state index >= 15 is 0 Å². The summed E-state index contributed by atoms with van der Waals surface area (Å²) in [5, 5.41) is 10.8. The second kappa shape index (κ2) is 9.39. The highest BCUT2D eigenvalue weighted by Gasteiger charge is 2.14. The van der Waals surface area contributed by atoms with Crippen molar-refractivity contribution in [3.63, 3.8) is 0 Å². The lowest BCUT2D eigenvalue weighted by Gasteiger charge is -2.18. The molecule has 1 atom stereocenters. The Hall–Kier alpha value is -3.12. The van der Waals surface area contributed by atoms with E-state index in [0.717, 1.165) is 29.1 Å². The number of ether oxygens (including phenoxy) is 1. The molecular weight excluding hydrogens is 364 g/mol. The van der Waals surface area contributed by atoms with Gasteiger partial charge in [0, 0.05) is 12.1 Å². The number of anilines is 1. The number of methoxy groups -OCH3 is 1. The third-order valence-corrected chi connectivity index (χ3v) is 4.81. The summed E-state index contributed by atoms with van der Waals surface area (Å²) in [6.07, 6.45) is 0.875. The maximum Gasteiger partial charge on any atom is 0.239 e. The standard InChI is InChI=1S/C23H28N4O2/c1-5-21(18-8-12-20(29-4)13-9-18)24-15-23(28)25-22-14-17(3)26-27(22)19-10-6-16(2)7-11-19/h6-14,21,24H,5,15H2,1-4H3,(H,25,28). The van der Waals surface area contributed by atoms with Gasteiger partial charge in [0.2, 0.25) is 5.91 Å². The van der Waals surface area contributed by atoms with E-state index in [9.17, 15) is 4.79 Å². The van der Waals surface area contributed by atoms with Crippen LogP contribution in [-0.4, -0.2) is 29.3 Å². The topological polar surface area (TPSA) is 68.2 Å². The summed E-state index contributed by atoms with van der Waals surface area (Å²) in [5.74, 6) is 1.38. The number of nitrogens with zero attached hydrogens (tertiary/aromatic N) is 2. The molecule has 0 aliphatic carbocycles. The van der Waals surface area contributed by atoms with Gasteiger partial charge in [-0.1, -0.05) is 36.8 Å². The Morgan fingerprint density at radius 1 is 1.10 bits per heavy atom. The molecule has 3 aromatic rings. The Morgan fingerprint density at radius 2 is 1.79 bits per heavy atom. The zero-order valence-corrected chi connectivity index (χ0v) is 17.4. The van der Waals surface area contributed by atoms with Gasteiger partial charge in [0.05, 0.1) is 25.0 Å². The summed E-state index contributed by atoms with van der Waals surface area (Å²) in [4.78, 5) is 12.6. The first-order valence-corrected chi connectivity index (χ1v) is 9.81. The van der Waals surface area contributed by atoms with Crippen LogP contribution in [0.25, 0.3) is 5.69 Å². The average molecular weight is 393 g/mol. The molecule has 1 aromatic heterocycles. The van der Waals surface area contributed by atoms with Crippen molar-refractivity contribution in [3.05, 3.63) is 71.4 Å². The van der Waals surface area contributed by atoms with Crippen molar-refractivity contribution in [2.45, 2.75) is 33.2 Å². The van der Waals surface area contributed by atoms with E-state index in [4.69, 9.17) is 4.74 Å². The molecule has 0 bridgehead atoms. The highest BCUT2D eigenvalue weighted by molar-refractivity contribution is 5.91. The summed E-state index contributed by atoms with van der Waals surface area (Å²) in [6.45, 7) is 6.26. The quantitative estimate of drug-likeness (QED) is 0.604. The predicted octanol–water partition coefficient (Wildman–Crippen LogP) is 4.18. The van der Waals surface area contributed by atoms with Gasteiger partial charge in [-0.3, -0.25) is 4.79 Å². The van der Waals surface area contributed by atoms with Crippen LogP contribution in [0.1, 0.15) is 36.2 Å². The summed E-state index contributed by atoms with van der Waals surface area (Å²) in [5.41, 5.74) is 4.06. The van der Waals surface area contributed by atoms with Crippen LogP contribution in [-0.2, 0) is 4.79 Å². The molecule has 3 rings (SSSR count). The third-order valence-electron chi connectivity index (χ3n) is 4.81. The first-order valence-electron chi connectivity index (χ1n) is 9.81. The van der Waals surface area contributed by atoms with Crippen LogP contribution in [0.15, 0.2) is 54.6 Å². The number of hydrogen-bond donors (Lipinski definition) is 2. The van der Waals surface area contributed by atoms with Crippen LogP contribution in [0.3, 0.4) is 0 Å². The monoisotopic (exact) mass is 392 g/mol. The van der Waals surface area contributed by atoms with Gasteiger partial charge in [-0.05, 0) is 50.1 Å². The fraction of sp³-hybridized carbons (Fsp3) is 0.304. The van der Waals surface area contributed by atoms with E-state index in [0.29, 0.717) is 5.82 Å². The molecule has 1 heterocycles. The van der Waals surface area contributed by atoms with E-state index < -0.39 is 0 Å². The molecule has 1 amide bonds. The third kappa shape index (κ3) is 5.23. The van der Waals surface area contributed by atoms with E-state index in [-0.39, 0.29) is 18.5 Å². The van der Waals surface area contributed by atoms with Gasteiger partial charge in [0.15, 0.2) is 0 Å². The molecular formula is C23H28N4O2. The summed E-state index contributed by atoms with van der Waals surface area (Å²) in [7, 11) is 1.65. The van der Waals surface area contributed by atoms with Gasteiger partial charge in [-0.25, -0.2) is 4.68 Å². The van der Waals surface area contributed by atoms with Crippen molar-refractivity contribution in [1.29, 1.82) is 0 Å². The van der Waals surface area contributed by atoms with Crippen molar-refractivity contribution >= 4 is 11.7 Å². The fourth-order valence-corrected chi connectivity index (χ4v) is 3.21. The molecule has 2 N–H and O–H groups in total. The molecule has 2 aromatic carbocycles. The molecule has 1 unspecified atom stereocenters. The van der Waals surface area contributed by atoms with Crippen LogP contribution in [0, 0.1) is 13.8 Å². The number of carbonyl (C=O) groups is 1. The number of benzene rings is 2. The van der Waals surface area contributed by atoms with Gasteiger partial charge in [-0.2, -0.15) is 5.10 Å². The normalized spacial score (nSPS) is 11.9. The molecule has 0 radical (unpaired) electrons. The highest BCUT2D eigenvalue weighted by Crippen LogP contribution is 2.20. The molecule has 29 heavy (non-hydrogen) atoms. The van der Waals surface area contributed by atoms with Gasteiger partial charge >= 0.3 is 0 Å². The Bertz CT molecular complexity index is 946. The summed E-state index contributed by atoms with van der Waals surface area (Å²) >= 11 is 0. The maximum atomic E-state index is 12.6. The Balaban J connectivity index is 1.65. The molecule has 0 saturated heterocycles. The molecule has 0 aliphatic heterocycles. The van der Waals surface area contributed by atoms with E-state index in [1.54, 1.807) is 11.8 Å². The second-order valence-corrected chi connectivity index (χ2v) is 7.08. The van der Waals surface area contributed by atoms with Crippen LogP contribution in [0.4, 0.5) is 5.82 Å². The summed E-state index contributed by atoms with van der Waals surface area (Å²) < 4.78 is 6.97.